The zero-order valence-corrected chi connectivity index (χ0v) is 12.8. The third-order valence-electron chi connectivity index (χ3n) is 2.64. The highest BCUT2D eigenvalue weighted by molar-refractivity contribution is 14.1. The zero-order chi connectivity index (χ0) is 13.3. The molecule has 0 heterocycles. The van der Waals surface area contributed by atoms with Gasteiger partial charge in [0, 0.05) is 0 Å². The molecule has 3 heteroatoms. The van der Waals surface area contributed by atoms with Crippen LogP contribution in [-0.4, -0.2) is 5.97 Å². The Labute approximate surface area is 120 Å². The number of ether oxygens (including phenoxy) is 1. The highest BCUT2D eigenvalue weighted by Crippen LogP contribution is 2.30. The molecule has 0 radical (unpaired) electrons. The minimum Gasteiger partial charge on any atom is -0.425 e. The fourth-order valence-electron chi connectivity index (χ4n) is 1.55. The van der Waals surface area contributed by atoms with Crippen LogP contribution in [0.4, 0.5) is 0 Å². The topological polar surface area (TPSA) is 26.3 Å². The van der Waals surface area contributed by atoms with E-state index < -0.39 is 5.41 Å². The van der Waals surface area contributed by atoms with E-state index in [0.29, 0.717) is 5.75 Å². The van der Waals surface area contributed by atoms with Crippen LogP contribution in [0.2, 0.25) is 0 Å². The van der Waals surface area contributed by atoms with Gasteiger partial charge in [-0.05, 0) is 60.2 Å². The first-order valence-corrected chi connectivity index (χ1v) is 6.87. The second-order valence-corrected chi connectivity index (χ2v) is 6.32. The van der Waals surface area contributed by atoms with Crippen LogP contribution < -0.4 is 4.74 Å². The Morgan fingerprint density at radius 1 is 1.11 bits per heavy atom. The van der Waals surface area contributed by atoms with Gasteiger partial charge < -0.3 is 4.74 Å². The van der Waals surface area contributed by atoms with Gasteiger partial charge in [-0.2, -0.15) is 0 Å². The molecule has 2 aromatic carbocycles. The molecule has 0 aliphatic carbocycles. The molecule has 0 saturated heterocycles. The van der Waals surface area contributed by atoms with Crippen LogP contribution in [0.5, 0.6) is 5.75 Å². The van der Waals surface area contributed by atoms with E-state index in [1.807, 2.05) is 57.2 Å². The SMILES string of the molecule is CC(C)(C)C(=O)Oc1ccc2ccccc2c1I. The van der Waals surface area contributed by atoms with E-state index in [9.17, 15) is 4.79 Å². The molecule has 0 unspecified atom stereocenters. The minimum absolute atomic E-state index is 0.212. The maximum atomic E-state index is 11.9. The Bertz CT molecular complexity index is 597. The maximum absolute atomic E-state index is 11.9. The number of hydrogen-bond donors (Lipinski definition) is 0. The van der Waals surface area contributed by atoms with Crippen LogP contribution in [0.15, 0.2) is 36.4 Å². The van der Waals surface area contributed by atoms with Crippen molar-refractivity contribution in [1.29, 1.82) is 0 Å². The van der Waals surface area contributed by atoms with Crippen molar-refractivity contribution in [3.05, 3.63) is 40.0 Å². The summed E-state index contributed by atoms with van der Waals surface area (Å²) in [7, 11) is 0. The fourth-order valence-corrected chi connectivity index (χ4v) is 2.33. The first-order chi connectivity index (χ1) is 8.39. The number of rotatable bonds is 1. The summed E-state index contributed by atoms with van der Waals surface area (Å²) < 4.78 is 6.45. The summed E-state index contributed by atoms with van der Waals surface area (Å²) in [5, 5.41) is 2.26. The van der Waals surface area contributed by atoms with Crippen molar-refractivity contribution < 1.29 is 9.53 Å². The predicted molar refractivity (Wildman–Crippen MR) is 81.8 cm³/mol. The van der Waals surface area contributed by atoms with Crippen LogP contribution in [0.25, 0.3) is 10.8 Å². The fraction of sp³-hybridized carbons (Fsp3) is 0.267. The van der Waals surface area contributed by atoms with Crippen molar-refractivity contribution in [3.63, 3.8) is 0 Å². The van der Waals surface area contributed by atoms with E-state index in [1.54, 1.807) is 0 Å². The average Bonchev–Trinajstić information content (AvgIpc) is 2.32. The molecule has 0 saturated carbocycles. The third kappa shape index (κ3) is 2.66. The summed E-state index contributed by atoms with van der Waals surface area (Å²) in [4.78, 5) is 11.9. The van der Waals surface area contributed by atoms with Crippen molar-refractivity contribution in [3.8, 4) is 5.75 Å². The molecule has 0 spiro atoms. The van der Waals surface area contributed by atoms with E-state index in [1.165, 1.54) is 0 Å². The van der Waals surface area contributed by atoms with E-state index in [-0.39, 0.29) is 5.97 Å². The lowest BCUT2D eigenvalue weighted by Gasteiger charge is -2.17. The molecule has 0 aromatic heterocycles. The smallest absolute Gasteiger partial charge is 0.316 e. The molecule has 94 valence electrons. The zero-order valence-electron chi connectivity index (χ0n) is 10.7. The molecular formula is C15H15IO2. The molecule has 18 heavy (non-hydrogen) atoms. The summed E-state index contributed by atoms with van der Waals surface area (Å²) in [6, 6.07) is 11.9. The number of hydrogen-bond acceptors (Lipinski definition) is 2. The molecule has 2 nitrogen and oxygen atoms in total. The standard InChI is InChI=1S/C15H15IO2/c1-15(2,3)14(17)18-12-9-8-10-6-4-5-7-11(10)13(12)16/h4-9H,1-3H3. The molecule has 0 fully saturated rings. The number of carbonyl (C=O) groups is 1. The van der Waals surface area contributed by atoms with Gasteiger partial charge in [0.25, 0.3) is 0 Å². The molecule has 0 N–H and O–H groups in total. The van der Waals surface area contributed by atoms with Crippen LogP contribution >= 0.6 is 22.6 Å². The van der Waals surface area contributed by atoms with Crippen molar-refractivity contribution in [2.75, 3.05) is 0 Å². The molecule has 2 aromatic rings. The molecule has 0 atom stereocenters. The second-order valence-electron chi connectivity index (χ2n) is 5.24. The van der Waals surface area contributed by atoms with Gasteiger partial charge in [0.15, 0.2) is 0 Å². The van der Waals surface area contributed by atoms with Crippen molar-refractivity contribution >= 4 is 39.3 Å². The summed E-state index contributed by atoms with van der Waals surface area (Å²) in [6.07, 6.45) is 0. The Morgan fingerprint density at radius 2 is 1.78 bits per heavy atom. The number of carbonyl (C=O) groups excluding carboxylic acids is 1. The van der Waals surface area contributed by atoms with Gasteiger partial charge in [0.1, 0.15) is 5.75 Å². The van der Waals surface area contributed by atoms with Gasteiger partial charge in [0.2, 0.25) is 0 Å². The second kappa shape index (κ2) is 4.88. The Balaban J connectivity index is 2.41. The molecule has 0 aliphatic rings. The average molecular weight is 354 g/mol. The van der Waals surface area contributed by atoms with E-state index >= 15 is 0 Å². The van der Waals surface area contributed by atoms with Crippen LogP contribution in [-0.2, 0) is 4.79 Å². The van der Waals surface area contributed by atoms with E-state index in [0.717, 1.165) is 14.3 Å². The number of esters is 1. The quantitative estimate of drug-likeness (QED) is 0.431. The Hall–Kier alpha value is -1.10. The van der Waals surface area contributed by atoms with Gasteiger partial charge >= 0.3 is 5.97 Å². The first-order valence-electron chi connectivity index (χ1n) is 5.79. The summed E-state index contributed by atoms with van der Waals surface area (Å²) in [5.41, 5.74) is -0.491. The molecular weight excluding hydrogens is 339 g/mol. The Kier molecular flexibility index (Phi) is 3.61. The highest BCUT2D eigenvalue weighted by atomic mass is 127. The van der Waals surface area contributed by atoms with Crippen molar-refractivity contribution in [1.82, 2.24) is 0 Å². The van der Waals surface area contributed by atoms with Gasteiger partial charge in [-0.1, -0.05) is 30.3 Å². The largest absolute Gasteiger partial charge is 0.425 e. The lowest BCUT2D eigenvalue weighted by atomic mass is 9.97. The van der Waals surface area contributed by atoms with Crippen molar-refractivity contribution in [2.45, 2.75) is 20.8 Å². The van der Waals surface area contributed by atoms with Crippen LogP contribution in [0, 0.1) is 8.99 Å². The summed E-state index contributed by atoms with van der Waals surface area (Å²) in [6.45, 7) is 5.55. The van der Waals surface area contributed by atoms with E-state index in [2.05, 4.69) is 22.6 Å². The summed E-state index contributed by atoms with van der Waals surface area (Å²) in [5.74, 6) is 0.421. The van der Waals surface area contributed by atoms with Crippen molar-refractivity contribution in [2.24, 2.45) is 5.41 Å². The Morgan fingerprint density at radius 3 is 2.44 bits per heavy atom. The lowest BCUT2D eigenvalue weighted by molar-refractivity contribution is -0.143. The maximum Gasteiger partial charge on any atom is 0.316 e. The van der Waals surface area contributed by atoms with Gasteiger partial charge in [-0.15, -0.1) is 0 Å². The normalized spacial score (nSPS) is 11.6. The molecule has 0 bridgehead atoms. The molecule has 2 rings (SSSR count). The van der Waals surface area contributed by atoms with Gasteiger partial charge in [0.05, 0.1) is 8.99 Å². The van der Waals surface area contributed by atoms with Crippen LogP contribution in [0.1, 0.15) is 20.8 Å². The first kappa shape index (κ1) is 13.3. The molecule has 0 amide bonds. The minimum atomic E-state index is -0.491. The van der Waals surface area contributed by atoms with Crippen LogP contribution in [0.3, 0.4) is 0 Å². The third-order valence-corrected chi connectivity index (χ3v) is 3.76. The van der Waals surface area contributed by atoms with Gasteiger partial charge in [-0.25, -0.2) is 0 Å². The highest BCUT2D eigenvalue weighted by Gasteiger charge is 2.24. The number of halogens is 1. The number of fused-ring (bicyclic) bond motifs is 1. The van der Waals surface area contributed by atoms with Gasteiger partial charge in [-0.3, -0.25) is 4.79 Å². The monoisotopic (exact) mass is 354 g/mol. The summed E-state index contributed by atoms with van der Waals surface area (Å²) >= 11 is 2.22. The predicted octanol–water partition coefficient (Wildman–Crippen LogP) is 4.40. The number of benzene rings is 2. The molecule has 0 aliphatic heterocycles. The van der Waals surface area contributed by atoms with E-state index in [4.69, 9.17) is 4.74 Å². The lowest BCUT2D eigenvalue weighted by Crippen LogP contribution is -2.25.